The van der Waals surface area contributed by atoms with E-state index in [9.17, 15) is 0 Å². The normalized spacial score (nSPS) is 14.3. The van der Waals surface area contributed by atoms with Gasteiger partial charge in [-0.15, -0.1) is 0 Å². The van der Waals surface area contributed by atoms with Gasteiger partial charge >= 0.3 is 0 Å². The van der Waals surface area contributed by atoms with Crippen molar-refractivity contribution in [2.24, 2.45) is 5.92 Å². The van der Waals surface area contributed by atoms with Gasteiger partial charge in [0.2, 0.25) is 0 Å². The fourth-order valence-corrected chi connectivity index (χ4v) is 6.13. The van der Waals surface area contributed by atoms with Crippen LogP contribution in [0.1, 0.15) is 44.4 Å². The molecule has 0 fully saturated rings. The smallest absolute Gasteiger partial charge is 0.161 e. The van der Waals surface area contributed by atoms with Crippen LogP contribution in [0.25, 0.3) is 55.5 Å². The fourth-order valence-electron chi connectivity index (χ4n) is 6.13. The number of fused-ring (bicyclic) bond motifs is 8. The summed E-state index contributed by atoms with van der Waals surface area (Å²) in [7, 11) is 0. The zero-order chi connectivity index (χ0) is 23.9. The van der Waals surface area contributed by atoms with E-state index < -0.39 is 0 Å². The quantitative estimate of drug-likeness (QED) is 0.266. The summed E-state index contributed by atoms with van der Waals surface area (Å²) in [4.78, 5) is 4.85. The first-order chi connectivity index (χ1) is 16.9. The first-order valence-corrected chi connectivity index (χ1v) is 12.4. The van der Waals surface area contributed by atoms with Gasteiger partial charge in [0.05, 0.1) is 0 Å². The molecule has 7 rings (SSSR count). The lowest BCUT2D eigenvalue weighted by molar-refractivity contribution is 0.619. The van der Waals surface area contributed by atoms with Crippen molar-refractivity contribution in [1.29, 1.82) is 0 Å². The average Bonchev–Trinajstić information content (AvgIpc) is 3.47. The Morgan fingerprint density at radius 2 is 1.57 bits per heavy atom. The molecule has 0 bridgehead atoms. The summed E-state index contributed by atoms with van der Waals surface area (Å²) in [6, 6.07) is 23.4. The lowest BCUT2D eigenvalue weighted by Crippen LogP contribution is -2.16. The van der Waals surface area contributed by atoms with Crippen molar-refractivity contribution in [3.63, 3.8) is 0 Å². The number of rotatable bonds is 3. The Labute approximate surface area is 204 Å². The van der Waals surface area contributed by atoms with Crippen LogP contribution in [0.5, 0.6) is 0 Å². The molecule has 1 aliphatic carbocycles. The molecule has 3 heteroatoms. The van der Waals surface area contributed by atoms with E-state index in [1.165, 1.54) is 22.1 Å². The Balaban J connectivity index is 1.49. The van der Waals surface area contributed by atoms with Crippen LogP contribution < -0.4 is 0 Å². The van der Waals surface area contributed by atoms with Crippen LogP contribution in [0.4, 0.5) is 0 Å². The maximum absolute atomic E-state index is 6.52. The van der Waals surface area contributed by atoms with Crippen LogP contribution in [-0.2, 0) is 11.8 Å². The maximum Gasteiger partial charge on any atom is 0.161 e. The monoisotopic (exact) mass is 457 g/mol. The molecule has 0 amide bonds. The molecule has 3 aromatic heterocycles. The van der Waals surface area contributed by atoms with Crippen molar-refractivity contribution in [3.8, 4) is 22.6 Å². The summed E-state index contributed by atoms with van der Waals surface area (Å²) >= 11 is 0. The van der Waals surface area contributed by atoms with Gasteiger partial charge in [0, 0.05) is 44.5 Å². The van der Waals surface area contributed by atoms with Gasteiger partial charge < -0.3 is 8.83 Å². The third-order valence-electron chi connectivity index (χ3n) is 7.50. The molecule has 35 heavy (non-hydrogen) atoms. The van der Waals surface area contributed by atoms with Crippen LogP contribution in [0.3, 0.4) is 0 Å². The van der Waals surface area contributed by atoms with Gasteiger partial charge in [-0.3, -0.25) is 4.98 Å². The summed E-state index contributed by atoms with van der Waals surface area (Å²) in [6.45, 7) is 9.15. The Morgan fingerprint density at radius 1 is 0.771 bits per heavy atom. The van der Waals surface area contributed by atoms with Crippen LogP contribution in [0.2, 0.25) is 0 Å². The maximum atomic E-state index is 6.52. The average molecular weight is 458 g/mol. The number of benzene rings is 3. The highest BCUT2D eigenvalue weighted by atomic mass is 16.3. The van der Waals surface area contributed by atoms with E-state index in [2.05, 4.69) is 76.2 Å². The van der Waals surface area contributed by atoms with Crippen molar-refractivity contribution >= 4 is 32.9 Å². The summed E-state index contributed by atoms with van der Waals surface area (Å²) in [5.41, 5.74) is 9.49. The summed E-state index contributed by atoms with van der Waals surface area (Å²) < 4.78 is 12.9. The highest BCUT2D eigenvalue weighted by Crippen LogP contribution is 2.56. The molecule has 0 N–H and O–H groups in total. The van der Waals surface area contributed by atoms with Crippen molar-refractivity contribution in [2.45, 2.75) is 39.5 Å². The van der Waals surface area contributed by atoms with E-state index in [1.807, 2.05) is 24.4 Å². The third kappa shape index (κ3) is 2.81. The Bertz CT molecular complexity index is 1780. The van der Waals surface area contributed by atoms with Gasteiger partial charge in [0.25, 0.3) is 0 Å². The number of para-hydroxylation sites is 1. The van der Waals surface area contributed by atoms with E-state index in [0.717, 1.165) is 56.5 Å². The fraction of sp³-hybridized carbons (Fsp3) is 0.219. The molecule has 0 unspecified atom stereocenters. The minimum Gasteiger partial charge on any atom is -0.456 e. The van der Waals surface area contributed by atoms with Gasteiger partial charge in [0.1, 0.15) is 22.6 Å². The predicted molar refractivity (Wildman–Crippen MR) is 143 cm³/mol. The molecule has 0 atom stereocenters. The molecule has 0 aliphatic heterocycles. The number of pyridine rings is 1. The standard InChI is InChI=1S/C32H27NO2/c1-18(2)16-19-12-13-26-24(17-19)28-30(34-26)23-10-7-9-22(27(23)32(28,3)4)29-31-21(14-15-33-29)20-8-5-6-11-25(20)35-31/h5-15,17-18H,16H2,1-4H3. The van der Waals surface area contributed by atoms with E-state index >= 15 is 0 Å². The SMILES string of the molecule is CC(C)Cc1ccc2oc3c(c2c1)C(C)(C)c1c-3cccc1-c1nccc2c1oc1ccccc12. The minimum absolute atomic E-state index is 0.237. The van der Waals surface area contributed by atoms with Crippen LogP contribution in [0.15, 0.2) is 81.8 Å². The highest BCUT2D eigenvalue weighted by Gasteiger charge is 2.42. The number of furan rings is 2. The number of aromatic nitrogens is 1. The number of hydrogen-bond acceptors (Lipinski definition) is 3. The summed E-state index contributed by atoms with van der Waals surface area (Å²) in [5.74, 6) is 1.60. The molecule has 3 heterocycles. The highest BCUT2D eigenvalue weighted by molar-refractivity contribution is 6.09. The van der Waals surface area contributed by atoms with Gasteiger partial charge in [-0.25, -0.2) is 0 Å². The molecule has 0 spiro atoms. The van der Waals surface area contributed by atoms with Crippen LogP contribution in [-0.4, -0.2) is 4.98 Å². The Hall–Kier alpha value is -3.85. The van der Waals surface area contributed by atoms with Gasteiger partial charge in [0.15, 0.2) is 5.58 Å². The topological polar surface area (TPSA) is 39.2 Å². The summed E-state index contributed by atoms with van der Waals surface area (Å²) in [6.07, 6.45) is 2.96. The molecule has 172 valence electrons. The minimum atomic E-state index is -0.237. The molecule has 0 saturated carbocycles. The van der Waals surface area contributed by atoms with Gasteiger partial charge in [-0.2, -0.15) is 0 Å². The second-order valence-corrected chi connectivity index (χ2v) is 10.7. The third-order valence-corrected chi connectivity index (χ3v) is 7.50. The Kier molecular flexibility index (Phi) is 4.15. The first kappa shape index (κ1) is 20.5. The van der Waals surface area contributed by atoms with Gasteiger partial charge in [-0.1, -0.05) is 70.2 Å². The summed E-state index contributed by atoms with van der Waals surface area (Å²) in [5, 5.41) is 3.44. The van der Waals surface area contributed by atoms with E-state index in [1.54, 1.807) is 0 Å². The first-order valence-electron chi connectivity index (χ1n) is 12.4. The zero-order valence-corrected chi connectivity index (χ0v) is 20.5. The molecule has 0 radical (unpaired) electrons. The van der Waals surface area contributed by atoms with E-state index in [4.69, 9.17) is 13.8 Å². The van der Waals surface area contributed by atoms with Gasteiger partial charge in [-0.05, 0) is 47.7 Å². The molecule has 0 saturated heterocycles. The molecular formula is C32H27NO2. The van der Waals surface area contributed by atoms with Crippen LogP contribution in [0, 0.1) is 5.92 Å². The molecular weight excluding hydrogens is 430 g/mol. The molecule has 1 aliphatic rings. The van der Waals surface area contributed by atoms with Crippen molar-refractivity contribution in [2.75, 3.05) is 0 Å². The molecule has 3 aromatic carbocycles. The largest absolute Gasteiger partial charge is 0.456 e. The molecule has 6 aromatic rings. The lowest BCUT2D eigenvalue weighted by atomic mass is 9.78. The van der Waals surface area contributed by atoms with Crippen LogP contribution >= 0.6 is 0 Å². The molecule has 3 nitrogen and oxygen atoms in total. The lowest BCUT2D eigenvalue weighted by Gasteiger charge is -2.24. The number of hydrogen-bond donors (Lipinski definition) is 0. The van der Waals surface area contributed by atoms with Crippen molar-refractivity contribution < 1.29 is 8.83 Å². The zero-order valence-electron chi connectivity index (χ0n) is 20.5. The predicted octanol–water partition coefficient (Wildman–Crippen LogP) is 8.90. The second-order valence-electron chi connectivity index (χ2n) is 10.7. The second kappa shape index (κ2) is 7.08. The van der Waals surface area contributed by atoms with Crippen molar-refractivity contribution in [3.05, 3.63) is 89.6 Å². The van der Waals surface area contributed by atoms with E-state index in [-0.39, 0.29) is 5.41 Å². The van der Waals surface area contributed by atoms with E-state index in [0.29, 0.717) is 5.92 Å². The van der Waals surface area contributed by atoms with Crippen molar-refractivity contribution in [1.82, 2.24) is 4.98 Å². The number of nitrogens with zero attached hydrogens (tertiary/aromatic N) is 1. The Morgan fingerprint density at radius 3 is 2.43 bits per heavy atom.